The Morgan fingerprint density at radius 3 is 2.48 bits per heavy atom. The molecule has 2 rings (SSSR count). The predicted molar refractivity (Wildman–Crippen MR) is 89.4 cm³/mol. The maximum atomic E-state index is 13.3. The Morgan fingerprint density at radius 2 is 1.83 bits per heavy atom. The molecule has 0 heterocycles. The monoisotopic (exact) mass is 400 g/mol. The summed E-state index contributed by atoms with van der Waals surface area (Å²) >= 11 is 3.17. The molecule has 0 bridgehead atoms. The van der Waals surface area contributed by atoms with Crippen molar-refractivity contribution in [2.24, 2.45) is 0 Å². The molecule has 0 radical (unpaired) electrons. The molecule has 0 atom stereocenters. The van der Waals surface area contributed by atoms with Gasteiger partial charge in [-0.2, -0.15) is 0 Å². The number of carbonyl (C=O) groups is 1. The van der Waals surface area contributed by atoms with Gasteiger partial charge in [0.25, 0.3) is 5.91 Å². The number of amides is 1. The summed E-state index contributed by atoms with van der Waals surface area (Å²) in [6.45, 7) is 0. The highest BCUT2D eigenvalue weighted by Crippen LogP contribution is 2.25. The third-order valence-corrected chi connectivity index (χ3v) is 5.63. The van der Waals surface area contributed by atoms with E-state index in [1.807, 2.05) is 0 Å². The first kappa shape index (κ1) is 17.6. The molecule has 0 fully saturated rings. The van der Waals surface area contributed by atoms with Crippen LogP contribution in [0.15, 0.2) is 51.8 Å². The molecular formula is C15H14BrFN2O3S. The second kappa shape index (κ2) is 6.77. The van der Waals surface area contributed by atoms with E-state index in [4.69, 9.17) is 0 Å². The molecule has 0 aliphatic heterocycles. The van der Waals surface area contributed by atoms with Gasteiger partial charge in [-0.15, -0.1) is 0 Å². The quantitative estimate of drug-likeness (QED) is 0.857. The Bertz CT molecular complexity index is 854. The standard InChI is InChI=1S/C15H14BrFN2O3S/c1-19(2)23(21,22)14-6-4-3-5-13(14)18-15(20)11-9-10(17)7-8-12(11)16/h3-9H,1-2H3,(H,18,20). The number of para-hydroxylation sites is 1. The van der Waals surface area contributed by atoms with Gasteiger partial charge in [-0.1, -0.05) is 12.1 Å². The molecule has 2 aromatic rings. The van der Waals surface area contributed by atoms with Crippen LogP contribution in [-0.4, -0.2) is 32.7 Å². The van der Waals surface area contributed by atoms with Gasteiger partial charge in [0.15, 0.2) is 0 Å². The summed E-state index contributed by atoms with van der Waals surface area (Å²) in [6, 6.07) is 9.72. The maximum Gasteiger partial charge on any atom is 0.256 e. The van der Waals surface area contributed by atoms with Crippen molar-refractivity contribution < 1.29 is 17.6 Å². The van der Waals surface area contributed by atoms with Gasteiger partial charge >= 0.3 is 0 Å². The van der Waals surface area contributed by atoms with E-state index in [9.17, 15) is 17.6 Å². The smallest absolute Gasteiger partial charge is 0.256 e. The molecule has 2 aromatic carbocycles. The van der Waals surface area contributed by atoms with Crippen molar-refractivity contribution >= 4 is 37.5 Å². The highest BCUT2D eigenvalue weighted by Gasteiger charge is 2.22. The number of anilines is 1. The first-order valence-corrected chi connectivity index (χ1v) is 8.74. The molecule has 0 aliphatic carbocycles. The topological polar surface area (TPSA) is 66.5 Å². The molecule has 122 valence electrons. The summed E-state index contributed by atoms with van der Waals surface area (Å²) in [5.74, 6) is -1.18. The van der Waals surface area contributed by atoms with E-state index in [1.165, 1.54) is 38.4 Å². The summed E-state index contributed by atoms with van der Waals surface area (Å²) in [5, 5.41) is 2.51. The van der Waals surface area contributed by atoms with E-state index in [0.29, 0.717) is 4.47 Å². The average molecular weight is 401 g/mol. The van der Waals surface area contributed by atoms with Crippen LogP contribution in [0.5, 0.6) is 0 Å². The first-order valence-electron chi connectivity index (χ1n) is 6.51. The zero-order valence-corrected chi connectivity index (χ0v) is 14.8. The molecule has 0 aromatic heterocycles. The molecule has 0 saturated heterocycles. The molecule has 0 saturated carbocycles. The van der Waals surface area contributed by atoms with E-state index >= 15 is 0 Å². The normalized spacial score (nSPS) is 11.5. The Morgan fingerprint density at radius 1 is 1.17 bits per heavy atom. The zero-order valence-electron chi connectivity index (χ0n) is 12.4. The lowest BCUT2D eigenvalue weighted by Crippen LogP contribution is -2.24. The van der Waals surface area contributed by atoms with Gasteiger partial charge < -0.3 is 5.32 Å². The Balaban J connectivity index is 2.42. The minimum atomic E-state index is -3.72. The second-order valence-corrected chi connectivity index (χ2v) is 7.84. The second-order valence-electron chi connectivity index (χ2n) is 4.86. The lowest BCUT2D eigenvalue weighted by atomic mass is 10.2. The van der Waals surface area contributed by atoms with Crippen molar-refractivity contribution in [2.75, 3.05) is 19.4 Å². The fourth-order valence-electron chi connectivity index (χ4n) is 1.85. The van der Waals surface area contributed by atoms with Gasteiger partial charge in [0.1, 0.15) is 10.7 Å². The van der Waals surface area contributed by atoms with E-state index in [-0.39, 0.29) is 16.1 Å². The van der Waals surface area contributed by atoms with Crippen LogP contribution in [0.3, 0.4) is 0 Å². The molecule has 8 heteroatoms. The number of nitrogens with zero attached hydrogens (tertiary/aromatic N) is 1. The van der Waals surface area contributed by atoms with Gasteiger partial charge in [-0.25, -0.2) is 17.1 Å². The van der Waals surface area contributed by atoms with E-state index < -0.39 is 21.7 Å². The van der Waals surface area contributed by atoms with Crippen LogP contribution in [0.2, 0.25) is 0 Å². The number of nitrogens with one attached hydrogen (secondary N) is 1. The number of rotatable bonds is 4. The summed E-state index contributed by atoms with van der Waals surface area (Å²) in [4.78, 5) is 12.3. The van der Waals surface area contributed by atoms with Crippen molar-refractivity contribution in [2.45, 2.75) is 4.90 Å². The molecule has 0 aliphatic rings. The summed E-state index contributed by atoms with van der Waals surface area (Å²) in [7, 11) is -0.921. The first-order chi connectivity index (χ1) is 10.7. The fourth-order valence-corrected chi connectivity index (χ4v) is 3.32. The van der Waals surface area contributed by atoms with Crippen LogP contribution in [0, 0.1) is 5.82 Å². The van der Waals surface area contributed by atoms with Gasteiger partial charge in [-0.3, -0.25) is 4.79 Å². The molecular weight excluding hydrogens is 387 g/mol. The van der Waals surface area contributed by atoms with Crippen molar-refractivity contribution in [3.05, 3.63) is 58.3 Å². The number of halogens is 2. The minimum Gasteiger partial charge on any atom is -0.321 e. The average Bonchev–Trinajstić information content (AvgIpc) is 2.49. The van der Waals surface area contributed by atoms with E-state index in [2.05, 4.69) is 21.2 Å². The maximum absolute atomic E-state index is 13.3. The zero-order chi connectivity index (χ0) is 17.2. The predicted octanol–water partition coefficient (Wildman–Crippen LogP) is 3.09. The molecule has 1 amide bonds. The van der Waals surface area contributed by atoms with Gasteiger partial charge in [-0.05, 0) is 46.3 Å². The van der Waals surface area contributed by atoms with Crippen LogP contribution in [0.1, 0.15) is 10.4 Å². The lowest BCUT2D eigenvalue weighted by molar-refractivity contribution is 0.102. The van der Waals surface area contributed by atoms with Crippen LogP contribution in [0.25, 0.3) is 0 Å². The number of hydrogen-bond acceptors (Lipinski definition) is 3. The fraction of sp³-hybridized carbons (Fsp3) is 0.133. The SMILES string of the molecule is CN(C)S(=O)(=O)c1ccccc1NC(=O)c1cc(F)ccc1Br. The third kappa shape index (κ3) is 3.77. The Kier molecular flexibility index (Phi) is 5.18. The van der Waals surface area contributed by atoms with Crippen molar-refractivity contribution in [1.82, 2.24) is 4.31 Å². The molecule has 0 spiro atoms. The summed E-state index contributed by atoms with van der Waals surface area (Å²) < 4.78 is 39.4. The highest BCUT2D eigenvalue weighted by atomic mass is 79.9. The van der Waals surface area contributed by atoms with Crippen LogP contribution in [0.4, 0.5) is 10.1 Å². The Labute approximate surface area is 142 Å². The highest BCUT2D eigenvalue weighted by molar-refractivity contribution is 9.10. The number of benzene rings is 2. The molecule has 23 heavy (non-hydrogen) atoms. The number of hydrogen-bond donors (Lipinski definition) is 1. The number of carbonyl (C=O) groups excluding carboxylic acids is 1. The van der Waals surface area contributed by atoms with E-state index in [1.54, 1.807) is 12.1 Å². The van der Waals surface area contributed by atoms with Crippen LogP contribution >= 0.6 is 15.9 Å². The Hall–Kier alpha value is -1.77. The molecule has 0 unspecified atom stereocenters. The van der Waals surface area contributed by atoms with Gasteiger partial charge in [0, 0.05) is 18.6 Å². The summed E-state index contributed by atoms with van der Waals surface area (Å²) in [5.41, 5.74) is 0.199. The largest absolute Gasteiger partial charge is 0.321 e. The summed E-state index contributed by atoms with van der Waals surface area (Å²) in [6.07, 6.45) is 0. The lowest BCUT2D eigenvalue weighted by Gasteiger charge is -2.16. The van der Waals surface area contributed by atoms with Gasteiger partial charge in [0.05, 0.1) is 11.3 Å². The van der Waals surface area contributed by atoms with Crippen LogP contribution < -0.4 is 5.32 Å². The van der Waals surface area contributed by atoms with Crippen molar-refractivity contribution in [1.29, 1.82) is 0 Å². The number of sulfonamides is 1. The molecule has 1 N–H and O–H groups in total. The van der Waals surface area contributed by atoms with Crippen molar-refractivity contribution in [3.8, 4) is 0 Å². The van der Waals surface area contributed by atoms with Crippen molar-refractivity contribution in [3.63, 3.8) is 0 Å². The van der Waals surface area contributed by atoms with Gasteiger partial charge in [0.2, 0.25) is 10.0 Å². The molecule has 5 nitrogen and oxygen atoms in total. The van der Waals surface area contributed by atoms with E-state index in [0.717, 1.165) is 10.4 Å². The third-order valence-electron chi connectivity index (χ3n) is 3.07. The minimum absolute atomic E-state index is 0.0362. The van der Waals surface area contributed by atoms with Crippen LogP contribution in [-0.2, 0) is 10.0 Å².